The van der Waals surface area contributed by atoms with Gasteiger partial charge < -0.3 is 10.6 Å². The van der Waals surface area contributed by atoms with Crippen molar-refractivity contribution in [2.75, 3.05) is 13.1 Å². The lowest BCUT2D eigenvalue weighted by atomic mass is 9.90. The Kier molecular flexibility index (Phi) is 7.06. The maximum atomic E-state index is 5.97. The topological polar surface area (TPSA) is 29.3 Å². The molecule has 0 atom stereocenters. The molecule has 0 bridgehead atoms. The van der Waals surface area contributed by atoms with Crippen molar-refractivity contribution in [3.05, 3.63) is 0 Å². The third-order valence-corrected chi connectivity index (χ3v) is 3.82. The van der Waals surface area contributed by atoms with Gasteiger partial charge in [-0.05, 0) is 51.6 Å². The highest BCUT2D eigenvalue weighted by Crippen LogP contribution is 2.22. The average Bonchev–Trinajstić information content (AvgIpc) is 2.29. The van der Waals surface area contributed by atoms with E-state index >= 15 is 0 Å². The molecule has 96 valence electrons. The van der Waals surface area contributed by atoms with Gasteiger partial charge in [-0.25, -0.2) is 0 Å². The molecule has 0 radical (unpaired) electrons. The number of hydrogen-bond donors (Lipinski definition) is 1. The monoisotopic (exact) mass is 226 g/mol. The molecule has 1 fully saturated rings. The smallest absolute Gasteiger partial charge is 0.00964 e. The first kappa shape index (κ1) is 14.0. The highest BCUT2D eigenvalue weighted by molar-refractivity contribution is 4.81. The van der Waals surface area contributed by atoms with E-state index in [1.807, 2.05) is 0 Å². The van der Waals surface area contributed by atoms with Gasteiger partial charge in [-0.1, -0.05) is 26.7 Å². The molecule has 0 unspecified atom stereocenters. The summed E-state index contributed by atoms with van der Waals surface area (Å²) in [5, 5.41) is 0. The minimum atomic E-state index is 0.482. The fourth-order valence-corrected chi connectivity index (χ4v) is 2.80. The van der Waals surface area contributed by atoms with Gasteiger partial charge in [0.2, 0.25) is 0 Å². The molecule has 2 nitrogen and oxygen atoms in total. The van der Waals surface area contributed by atoms with Crippen LogP contribution >= 0.6 is 0 Å². The number of nitrogens with two attached hydrogens (primary N) is 1. The van der Waals surface area contributed by atoms with E-state index in [9.17, 15) is 0 Å². The first-order chi connectivity index (χ1) is 7.77. The Hall–Kier alpha value is -0.0800. The van der Waals surface area contributed by atoms with Crippen LogP contribution in [-0.2, 0) is 0 Å². The van der Waals surface area contributed by atoms with Crippen molar-refractivity contribution in [1.29, 1.82) is 0 Å². The predicted octanol–water partition coefficient (Wildman–Crippen LogP) is 3.16. The van der Waals surface area contributed by atoms with Gasteiger partial charge in [0, 0.05) is 12.1 Å². The SMILES string of the molecule is CCCCCN(CCC)C1CCC(N)CC1. The molecular weight excluding hydrogens is 196 g/mol. The molecule has 16 heavy (non-hydrogen) atoms. The van der Waals surface area contributed by atoms with Crippen LogP contribution in [0.2, 0.25) is 0 Å². The normalized spacial score (nSPS) is 26.2. The van der Waals surface area contributed by atoms with Gasteiger partial charge in [0.25, 0.3) is 0 Å². The molecule has 1 aliphatic rings. The van der Waals surface area contributed by atoms with E-state index in [2.05, 4.69) is 18.7 Å². The Balaban J connectivity index is 2.30. The summed E-state index contributed by atoms with van der Waals surface area (Å²) in [6, 6.07) is 1.31. The molecule has 1 rings (SSSR count). The molecule has 0 aromatic carbocycles. The van der Waals surface area contributed by atoms with Crippen molar-refractivity contribution >= 4 is 0 Å². The Morgan fingerprint density at radius 2 is 1.62 bits per heavy atom. The van der Waals surface area contributed by atoms with Crippen LogP contribution in [0.3, 0.4) is 0 Å². The maximum Gasteiger partial charge on any atom is 0.00964 e. The largest absolute Gasteiger partial charge is 0.328 e. The zero-order valence-electron chi connectivity index (χ0n) is 11.3. The van der Waals surface area contributed by atoms with Crippen molar-refractivity contribution < 1.29 is 0 Å². The lowest BCUT2D eigenvalue weighted by Crippen LogP contribution is -2.41. The summed E-state index contributed by atoms with van der Waals surface area (Å²) in [6.07, 6.45) is 10.5. The molecular formula is C14H30N2. The first-order valence-electron chi connectivity index (χ1n) is 7.27. The van der Waals surface area contributed by atoms with Crippen LogP contribution in [0, 0.1) is 0 Å². The average molecular weight is 226 g/mol. The number of nitrogens with zero attached hydrogens (tertiary/aromatic N) is 1. The van der Waals surface area contributed by atoms with Gasteiger partial charge in [-0.2, -0.15) is 0 Å². The summed E-state index contributed by atoms with van der Waals surface area (Å²) in [5.74, 6) is 0. The summed E-state index contributed by atoms with van der Waals surface area (Å²) in [5.41, 5.74) is 5.97. The van der Waals surface area contributed by atoms with Gasteiger partial charge in [0.05, 0.1) is 0 Å². The second kappa shape index (κ2) is 8.08. The summed E-state index contributed by atoms with van der Waals surface area (Å²) < 4.78 is 0. The van der Waals surface area contributed by atoms with E-state index in [1.165, 1.54) is 64.5 Å². The highest BCUT2D eigenvalue weighted by atomic mass is 15.1. The van der Waals surface area contributed by atoms with Crippen LogP contribution in [0.15, 0.2) is 0 Å². The predicted molar refractivity (Wildman–Crippen MR) is 71.6 cm³/mol. The molecule has 0 amide bonds. The highest BCUT2D eigenvalue weighted by Gasteiger charge is 2.23. The van der Waals surface area contributed by atoms with Crippen molar-refractivity contribution in [1.82, 2.24) is 4.90 Å². The van der Waals surface area contributed by atoms with Crippen molar-refractivity contribution in [2.45, 2.75) is 77.3 Å². The minimum absolute atomic E-state index is 0.482. The minimum Gasteiger partial charge on any atom is -0.328 e. The summed E-state index contributed by atoms with van der Waals surface area (Å²) in [4.78, 5) is 2.72. The van der Waals surface area contributed by atoms with Gasteiger partial charge in [0.1, 0.15) is 0 Å². The van der Waals surface area contributed by atoms with Crippen molar-refractivity contribution in [3.63, 3.8) is 0 Å². The Labute approximate surface area is 102 Å². The van der Waals surface area contributed by atoms with Crippen LogP contribution in [0.5, 0.6) is 0 Å². The van der Waals surface area contributed by atoms with Crippen molar-refractivity contribution in [2.24, 2.45) is 5.73 Å². The molecule has 0 spiro atoms. The number of rotatable bonds is 7. The first-order valence-corrected chi connectivity index (χ1v) is 7.27. The van der Waals surface area contributed by atoms with E-state index in [4.69, 9.17) is 5.73 Å². The number of hydrogen-bond acceptors (Lipinski definition) is 2. The maximum absolute atomic E-state index is 5.97. The van der Waals surface area contributed by atoms with E-state index < -0.39 is 0 Å². The molecule has 1 saturated carbocycles. The Morgan fingerprint density at radius 1 is 0.938 bits per heavy atom. The Morgan fingerprint density at radius 3 is 2.19 bits per heavy atom. The summed E-state index contributed by atoms with van der Waals surface area (Å²) in [6.45, 7) is 7.16. The zero-order chi connectivity index (χ0) is 11.8. The fourth-order valence-electron chi connectivity index (χ4n) is 2.80. The lowest BCUT2D eigenvalue weighted by molar-refractivity contribution is 0.147. The molecule has 0 saturated heterocycles. The van der Waals surface area contributed by atoms with E-state index in [0.29, 0.717) is 6.04 Å². The molecule has 2 heteroatoms. The third kappa shape index (κ3) is 4.84. The molecule has 0 aromatic rings. The van der Waals surface area contributed by atoms with E-state index in [-0.39, 0.29) is 0 Å². The summed E-state index contributed by atoms with van der Waals surface area (Å²) in [7, 11) is 0. The molecule has 2 N–H and O–H groups in total. The zero-order valence-corrected chi connectivity index (χ0v) is 11.3. The third-order valence-electron chi connectivity index (χ3n) is 3.82. The van der Waals surface area contributed by atoms with Crippen LogP contribution in [-0.4, -0.2) is 30.1 Å². The molecule has 0 aromatic heterocycles. The van der Waals surface area contributed by atoms with Gasteiger partial charge in [-0.15, -0.1) is 0 Å². The van der Waals surface area contributed by atoms with Crippen LogP contribution in [0.25, 0.3) is 0 Å². The van der Waals surface area contributed by atoms with E-state index in [0.717, 1.165) is 6.04 Å². The van der Waals surface area contributed by atoms with Gasteiger partial charge >= 0.3 is 0 Å². The molecule has 0 aliphatic heterocycles. The number of unbranched alkanes of at least 4 members (excludes halogenated alkanes) is 2. The van der Waals surface area contributed by atoms with E-state index in [1.54, 1.807) is 0 Å². The summed E-state index contributed by atoms with van der Waals surface area (Å²) >= 11 is 0. The lowest BCUT2D eigenvalue weighted by Gasteiger charge is -2.36. The van der Waals surface area contributed by atoms with Crippen LogP contribution in [0.4, 0.5) is 0 Å². The fraction of sp³-hybridized carbons (Fsp3) is 1.00. The van der Waals surface area contributed by atoms with Crippen molar-refractivity contribution in [3.8, 4) is 0 Å². The van der Waals surface area contributed by atoms with Gasteiger partial charge in [-0.3, -0.25) is 0 Å². The second-order valence-corrected chi connectivity index (χ2v) is 5.31. The van der Waals surface area contributed by atoms with Crippen LogP contribution < -0.4 is 5.73 Å². The Bertz CT molecular complexity index is 162. The molecule has 0 heterocycles. The van der Waals surface area contributed by atoms with Gasteiger partial charge in [0.15, 0.2) is 0 Å². The van der Waals surface area contributed by atoms with Crippen LogP contribution in [0.1, 0.15) is 65.2 Å². The molecule has 1 aliphatic carbocycles. The second-order valence-electron chi connectivity index (χ2n) is 5.31. The standard InChI is InChI=1S/C14H30N2/c1-3-5-6-12-16(11-4-2)14-9-7-13(15)8-10-14/h13-14H,3-12,15H2,1-2H3. The quantitative estimate of drug-likeness (QED) is 0.676.